The molecule has 5 nitrogen and oxygen atoms in total. The molecule has 0 fully saturated rings. The van der Waals surface area contributed by atoms with Crippen LogP contribution in [0.15, 0.2) is 30.3 Å². The summed E-state index contributed by atoms with van der Waals surface area (Å²) >= 11 is 6.14. The summed E-state index contributed by atoms with van der Waals surface area (Å²) in [5.74, 6) is 2.08. The molecule has 0 aliphatic rings. The summed E-state index contributed by atoms with van der Waals surface area (Å²) in [6.07, 6.45) is 0. The molecule has 0 radical (unpaired) electrons. The molecule has 0 aromatic heterocycles. The number of nitro benzene ring substituents is 1. The van der Waals surface area contributed by atoms with Crippen LogP contribution in [0.3, 0.4) is 0 Å². The molecule has 0 amide bonds. The Kier molecular flexibility index (Phi) is 7.71. The fourth-order valence-electron chi connectivity index (χ4n) is 2.29. The van der Waals surface area contributed by atoms with E-state index in [1.807, 2.05) is 26.0 Å². The van der Waals surface area contributed by atoms with Crippen LogP contribution in [0, 0.1) is 17.0 Å². The van der Waals surface area contributed by atoms with E-state index in [1.165, 1.54) is 12.1 Å². The minimum absolute atomic E-state index is 0.0579. The van der Waals surface area contributed by atoms with Gasteiger partial charge in [0.1, 0.15) is 17.2 Å². The van der Waals surface area contributed by atoms with Crippen LogP contribution in [-0.4, -0.2) is 12.0 Å². The van der Waals surface area contributed by atoms with Crippen LogP contribution >= 0.6 is 11.6 Å². The Morgan fingerprint density at radius 2 is 1.80 bits per heavy atom. The summed E-state index contributed by atoms with van der Waals surface area (Å²) in [6, 6.07) is 8.23. The lowest BCUT2D eigenvalue weighted by Crippen LogP contribution is -1.97. The second-order valence-corrected chi connectivity index (χ2v) is 5.90. The van der Waals surface area contributed by atoms with Crippen LogP contribution in [0.4, 0.5) is 5.69 Å². The molecule has 2 aromatic carbocycles. The van der Waals surface area contributed by atoms with Crippen molar-refractivity contribution in [2.45, 2.75) is 40.5 Å². The van der Waals surface area contributed by atoms with Gasteiger partial charge in [0.05, 0.1) is 17.1 Å². The Bertz CT molecular complexity index is 721. The van der Waals surface area contributed by atoms with Crippen LogP contribution in [-0.2, 0) is 0 Å². The smallest absolute Gasteiger partial charge is 0.271 e. The number of nitrogens with zero attached hydrogens (tertiary/aromatic N) is 1. The van der Waals surface area contributed by atoms with Gasteiger partial charge in [0.15, 0.2) is 0 Å². The van der Waals surface area contributed by atoms with Gasteiger partial charge >= 0.3 is 0 Å². The van der Waals surface area contributed by atoms with Gasteiger partial charge in [-0.15, -0.1) is 0 Å². The van der Waals surface area contributed by atoms with E-state index in [-0.39, 0.29) is 16.6 Å². The highest BCUT2D eigenvalue weighted by atomic mass is 35.5. The second kappa shape index (κ2) is 9.28. The van der Waals surface area contributed by atoms with Gasteiger partial charge < -0.3 is 9.47 Å². The van der Waals surface area contributed by atoms with E-state index in [1.54, 1.807) is 20.1 Å². The molecule has 0 aliphatic carbocycles. The lowest BCUT2D eigenvalue weighted by atomic mass is 10.0. The first-order valence-corrected chi connectivity index (χ1v) is 8.51. The molecule has 6 heteroatoms. The Labute approximate surface area is 153 Å². The molecule has 0 saturated heterocycles. The third-order valence-corrected chi connectivity index (χ3v) is 3.75. The molecule has 25 heavy (non-hydrogen) atoms. The number of aryl methyl sites for hydroxylation is 1. The third kappa shape index (κ3) is 5.10. The number of hydrogen-bond acceptors (Lipinski definition) is 4. The Morgan fingerprint density at radius 1 is 1.16 bits per heavy atom. The van der Waals surface area contributed by atoms with E-state index >= 15 is 0 Å². The van der Waals surface area contributed by atoms with Gasteiger partial charge in [-0.2, -0.15) is 0 Å². The number of benzene rings is 2. The van der Waals surface area contributed by atoms with Gasteiger partial charge in [0.2, 0.25) is 0 Å². The number of methoxy groups -OCH3 is 1. The average molecular weight is 366 g/mol. The van der Waals surface area contributed by atoms with E-state index in [9.17, 15) is 10.1 Å². The van der Waals surface area contributed by atoms with Crippen LogP contribution in [0.1, 0.15) is 44.7 Å². The summed E-state index contributed by atoms with van der Waals surface area (Å²) in [6.45, 7) is 9.85. The summed E-state index contributed by atoms with van der Waals surface area (Å²) in [4.78, 5) is 10.4. The van der Waals surface area contributed by atoms with Crippen molar-refractivity contribution in [2.24, 2.45) is 0 Å². The normalized spacial score (nSPS) is 10.1. The Morgan fingerprint density at radius 3 is 2.28 bits per heavy atom. The van der Waals surface area contributed by atoms with Crippen molar-refractivity contribution >= 4 is 17.3 Å². The summed E-state index contributed by atoms with van der Waals surface area (Å²) in [5.41, 5.74) is 1.56. The van der Waals surface area contributed by atoms with Crippen LogP contribution in [0.5, 0.6) is 17.2 Å². The summed E-state index contributed by atoms with van der Waals surface area (Å²) in [7, 11) is 1.62. The fraction of sp³-hybridized carbons (Fsp3) is 0.368. The van der Waals surface area contributed by atoms with Crippen LogP contribution < -0.4 is 9.47 Å². The number of ether oxygens (including phenoxy) is 2. The van der Waals surface area contributed by atoms with E-state index in [4.69, 9.17) is 21.1 Å². The molecular formula is C19H24ClNO4. The first-order valence-electron chi connectivity index (χ1n) is 8.13. The quantitative estimate of drug-likeness (QED) is 0.447. The van der Waals surface area contributed by atoms with Gasteiger partial charge in [0.25, 0.3) is 5.69 Å². The third-order valence-electron chi connectivity index (χ3n) is 3.47. The van der Waals surface area contributed by atoms with Crippen LogP contribution in [0.25, 0.3) is 0 Å². The Hall–Kier alpha value is -2.27. The van der Waals surface area contributed by atoms with Crippen molar-refractivity contribution in [2.75, 3.05) is 7.11 Å². The topological polar surface area (TPSA) is 61.6 Å². The monoisotopic (exact) mass is 365 g/mol. The molecule has 0 N–H and O–H groups in total. The molecular weight excluding hydrogens is 342 g/mol. The number of halogens is 1. The van der Waals surface area contributed by atoms with Gasteiger partial charge in [-0.05, 0) is 31.0 Å². The number of nitro groups is 1. The molecule has 0 saturated carbocycles. The zero-order valence-corrected chi connectivity index (χ0v) is 16.2. The summed E-state index contributed by atoms with van der Waals surface area (Å²) < 4.78 is 11.2. The van der Waals surface area contributed by atoms with Crippen LogP contribution in [0.2, 0.25) is 5.02 Å². The van der Waals surface area contributed by atoms with Crippen molar-refractivity contribution in [3.8, 4) is 17.2 Å². The molecule has 0 atom stereocenters. The SMILES string of the molecule is CC.COc1ccc(Oc2c(C)cc([N+](=O)[O-])cc2Cl)cc1C(C)C. The minimum Gasteiger partial charge on any atom is -0.496 e. The molecule has 0 spiro atoms. The highest BCUT2D eigenvalue weighted by Crippen LogP contribution is 2.38. The van der Waals surface area contributed by atoms with Crippen molar-refractivity contribution in [1.29, 1.82) is 0 Å². The van der Waals surface area contributed by atoms with Crippen molar-refractivity contribution in [3.63, 3.8) is 0 Å². The summed E-state index contributed by atoms with van der Waals surface area (Å²) in [5, 5.41) is 11.1. The zero-order valence-electron chi connectivity index (χ0n) is 15.4. The van der Waals surface area contributed by atoms with Crippen molar-refractivity contribution in [3.05, 3.63) is 56.6 Å². The average Bonchev–Trinajstić information content (AvgIpc) is 2.59. The van der Waals surface area contributed by atoms with E-state index in [2.05, 4.69) is 13.8 Å². The molecule has 0 aliphatic heterocycles. The predicted molar refractivity (Wildman–Crippen MR) is 101 cm³/mol. The zero-order chi connectivity index (χ0) is 19.1. The highest BCUT2D eigenvalue weighted by Gasteiger charge is 2.16. The first-order chi connectivity index (χ1) is 11.8. The molecule has 0 bridgehead atoms. The standard InChI is InChI=1S/C17H18ClNO4.C2H6/c1-10(2)14-9-13(5-6-16(14)22-4)23-17-11(3)7-12(19(20)21)8-15(17)18;1-2/h5-10H,1-4H3;1-2H3. The minimum atomic E-state index is -0.479. The lowest BCUT2D eigenvalue weighted by Gasteiger charge is -2.15. The van der Waals surface area contributed by atoms with Gasteiger partial charge in [-0.25, -0.2) is 0 Å². The first kappa shape index (κ1) is 20.8. The number of non-ortho nitro benzene ring substituents is 1. The van der Waals surface area contributed by atoms with Gasteiger partial charge in [0, 0.05) is 23.3 Å². The second-order valence-electron chi connectivity index (χ2n) is 5.49. The molecule has 2 aromatic rings. The maximum Gasteiger partial charge on any atom is 0.271 e. The lowest BCUT2D eigenvalue weighted by molar-refractivity contribution is -0.384. The molecule has 2 rings (SSSR count). The van der Waals surface area contributed by atoms with Crippen molar-refractivity contribution < 1.29 is 14.4 Å². The largest absolute Gasteiger partial charge is 0.496 e. The van der Waals surface area contributed by atoms with Crippen molar-refractivity contribution in [1.82, 2.24) is 0 Å². The fourth-order valence-corrected chi connectivity index (χ4v) is 2.59. The Balaban J connectivity index is 0.00000151. The number of hydrogen-bond donors (Lipinski definition) is 0. The molecule has 136 valence electrons. The molecule has 0 heterocycles. The highest BCUT2D eigenvalue weighted by molar-refractivity contribution is 6.32. The van der Waals surface area contributed by atoms with E-state index < -0.39 is 4.92 Å². The van der Waals surface area contributed by atoms with E-state index in [0.29, 0.717) is 17.1 Å². The van der Waals surface area contributed by atoms with E-state index in [0.717, 1.165) is 11.3 Å². The maximum atomic E-state index is 10.9. The number of rotatable bonds is 5. The predicted octanol–water partition coefficient (Wildman–Crippen LogP) is 6.51. The van der Waals surface area contributed by atoms with Gasteiger partial charge in [-0.1, -0.05) is 39.3 Å². The molecule has 0 unspecified atom stereocenters. The van der Waals surface area contributed by atoms with Gasteiger partial charge in [-0.3, -0.25) is 10.1 Å². The maximum absolute atomic E-state index is 10.9.